The topological polar surface area (TPSA) is 72.9 Å². The van der Waals surface area contributed by atoms with Crippen LogP contribution in [0.4, 0.5) is 15.9 Å². The number of anilines is 2. The smallest absolute Gasteiger partial charge is 0.259 e. The summed E-state index contributed by atoms with van der Waals surface area (Å²) in [5.41, 5.74) is 6.90. The fourth-order valence-electron chi connectivity index (χ4n) is 2.31. The third-order valence-corrected chi connectivity index (χ3v) is 3.66. The summed E-state index contributed by atoms with van der Waals surface area (Å²) in [6, 6.07) is 12.9. The van der Waals surface area contributed by atoms with Crippen molar-refractivity contribution < 1.29 is 9.18 Å². The molecule has 0 unspecified atom stereocenters. The van der Waals surface area contributed by atoms with Crippen molar-refractivity contribution in [2.24, 2.45) is 0 Å². The summed E-state index contributed by atoms with van der Waals surface area (Å²) in [6.45, 7) is 1.80. The number of carbonyl (C=O) groups is 1. The molecule has 1 heterocycles. The van der Waals surface area contributed by atoms with Gasteiger partial charge in [0.1, 0.15) is 11.6 Å². The summed E-state index contributed by atoms with van der Waals surface area (Å²) in [6.07, 6.45) is 0. The first-order valence-electron chi connectivity index (χ1n) is 7.13. The highest BCUT2D eigenvalue weighted by atomic mass is 35.5. The highest BCUT2D eigenvalue weighted by Crippen LogP contribution is 2.22. The second kappa shape index (κ2) is 6.33. The predicted molar refractivity (Wildman–Crippen MR) is 92.1 cm³/mol. The van der Waals surface area contributed by atoms with Crippen LogP contribution in [0.5, 0.6) is 0 Å². The van der Waals surface area contributed by atoms with E-state index in [4.69, 9.17) is 17.3 Å². The van der Waals surface area contributed by atoms with Crippen LogP contribution in [0.25, 0.3) is 5.69 Å². The Morgan fingerprint density at radius 3 is 2.75 bits per heavy atom. The molecule has 3 N–H and O–H groups in total. The zero-order chi connectivity index (χ0) is 17.3. The van der Waals surface area contributed by atoms with E-state index in [2.05, 4.69) is 10.4 Å². The molecule has 0 bridgehead atoms. The molecule has 3 aromatic rings. The third-order valence-electron chi connectivity index (χ3n) is 3.42. The molecule has 0 fully saturated rings. The Bertz CT molecular complexity index is 923. The molecule has 0 radical (unpaired) electrons. The highest BCUT2D eigenvalue weighted by Gasteiger charge is 2.16. The Morgan fingerprint density at radius 2 is 2.00 bits per heavy atom. The lowest BCUT2D eigenvalue weighted by molar-refractivity contribution is 0.102. The fourth-order valence-corrected chi connectivity index (χ4v) is 2.50. The second-order valence-corrected chi connectivity index (χ2v) is 5.65. The number of benzene rings is 2. The first kappa shape index (κ1) is 16.0. The summed E-state index contributed by atoms with van der Waals surface area (Å²) in [5.74, 6) is -0.721. The van der Waals surface area contributed by atoms with Crippen LogP contribution in [-0.4, -0.2) is 15.7 Å². The number of nitrogens with one attached hydrogen (secondary N) is 1. The summed E-state index contributed by atoms with van der Waals surface area (Å²) >= 11 is 6.01. The first-order chi connectivity index (χ1) is 11.5. The van der Waals surface area contributed by atoms with E-state index < -0.39 is 11.7 Å². The predicted octanol–water partition coefficient (Wildman–Crippen LogP) is 3.81. The van der Waals surface area contributed by atoms with E-state index in [-0.39, 0.29) is 11.3 Å². The number of amides is 1. The van der Waals surface area contributed by atoms with Gasteiger partial charge in [-0.25, -0.2) is 9.07 Å². The van der Waals surface area contributed by atoms with Crippen LogP contribution in [-0.2, 0) is 0 Å². The van der Waals surface area contributed by atoms with Gasteiger partial charge >= 0.3 is 0 Å². The van der Waals surface area contributed by atoms with Crippen LogP contribution < -0.4 is 11.1 Å². The molecule has 2 aromatic carbocycles. The van der Waals surface area contributed by atoms with Crippen LogP contribution in [0.3, 0.4) is 0 Å². The van der Waals surface area contributed by atoms with Crippen molar-refractivity contribution in [1.29, 1.82) is 0 Å². The van der Waals surface area contributed by atoms with Crippen molar-refractivity contribution in [1.82, 2.24) is 9.78 Å². The number of nitrogens with two attached hydrogens (primary N) is 1. The quantitative estimate of drug-likeness (QED) is 0.710. The number of carbonyl (C=O) groups excluding carboxylic acids is 1. The van der Waals surface area contributed by atoms with Gasteiger partial charge in [-0.2, -0.15) is 5.10 Å². The molecule has 0 atom stereocenters. The van der Waals surface area contributed by atoms with Gasteiger partial charge in [-0.3, -0.25) is 4.79 Å². The van der Waals surface area contributed by atoms with Crippen molar-refractivity contribution in [3.8, 4) is 5.69 Å². The SMILES string of the molecule is Cc1cc(NC(=O)c2cccc(F)c2N)n(-c2cccc(Cl)c2)n1. The maximum Gasteiger partial charge on any atom is 0.259 e. The number of hydrogen-bond donors (Lipinski definition) is 2. The maximum absolute atomic E-state index is 13.5. The molecule has 0 aliphatic heterocycles. The van der Waals surface area contributed by atoms with Crippen LogP contribution in [0.2, 0.25) is 5.02 Å². The number of aromatic nitrogens is 2. The Balaban J connectivity index is 1.96. The zero-order valence-corrected chi connectivity index (χ0v) is 13.5. The standard InChI is InChI=1S/C17H14ClFN4O/c1-10-8-15(23(22-10)12-5-2-4-11(18)9-12)21-17(24)13-6-3-7-14(19)16(13)20/h2-9H,20H2,1H3,(H,21,24). The molecular weight excluding hydrogens is 331 g/mol. The molecule has 0 aliphatic rings. The van der Waals surface area contributed by atoms with Gasteiger partial charge in [0.15, 0.2) is 0 Å². The molecule has 0 saturated heterocycles. The Kier molecular flexibility index (Phi) is 4.22. The fraction of sp³-hybridized carbons (Fsp3) is 0.0588. The van der Waals surface area contributed by atoms with Crippen molar-refractivity contribution in [3.05, 3.63) is 70.6 Å². The summed E-state index contributed by atoms with van der Waals surface area (Å²) in [4.78, 5) is 12.4. The van der Waals surface area contributed by atoms with Gasteiger partial charge in [-0.15, -0.1) is 0 Å². The summed E-state index contributed by atoms with van der Waals surface area (Å²) in [5, 5.41) is 7.60. The van der Waals surface area contributed by atoms with E-state index in [9.17, 15) is 9.18 Å². The molecule has 0 spiro atoms. The number of nitrogen functional groups attached to an aromatic ring is 1. The average molecular weight is 345 g/mol. The normalized spacial score (nSPS) is 10.6. The Hall–Kier alpha value is -2.86. The minimum absolute atomic E-state index is 0.0616. The van der Waals surface area contributed by atoms with E-state index >= 15 is 0 Å². The largest absolute Gasteiger partial charge is 0.396 e. The lowest BCUT2D eigenvalue weighted by atomic mass is 10.1. The number of para-hydroxylation sites is 1. The lowest BCUT2D eigenvalue weighted by Crippen LogP contribution is -2.17. The number of aryl methyl sites for hydroxylation is 1. The van der Waals surface area contributed by atoms with Gasteiger partial charge in [-0.05, 0) is 37.3 Å². The minimum Gasteiger partial charge on any atom is -0.396 e. The minimum atomic E-state index is -0.637. The van der Waals surface area contributed by atoms with Crippen molar-refractivity contribution in [2.45, 2.75) is 6.92 Å². The van der Waals surface area contributed by atoms with Gasteiger partial charge < -0.3 is 11.1 Å². The van der Waals surface area contributed by atoms with E-state index in [0.29, 0.717) is 22.2 Å². The van der Waals surface area contributed by atoms with E-state index in [1.165, 1.54) is 18.2 Å². The van der Waals surface area contributed by atoms with Crippen LogP contribution in [0, 0.1) is 12.7 Å². The molecule has 3 rings (SSSR count). The van der Waals surface area contributed by atoms with Crippen molar-refractivity contribution in [2.75, 3.05) is 11.1 Å². The monoisotopic (exact) mass is 344 g/mol. The summed E-state index contributed by atoms with van der Waals surface area (Å²) < 4.78 is 15.1. The van der Waals surface area contributed by atoms with E-state index in [0.717, 1.165) is 0 Å². The lowest BCUT2D eigenvalue weighted by Gasteiger charge is -2.10. The average Bonchev–Trinajstić information content (AvgIpc) is 2.90. The zero-order valence-electron chi connectivity index (χ0n) is 12.8. The summed E-state index contributed by atoms with van der Waals surface area (Å²) in [7, 11) is 0. The van der Waals surface area contributed by atoms with Crippen molar-refractivity contribution in [3.63, 3.8) is 0 Å². The van der Waals surface area contributed by atoms with Gasteiger partial charge in [0, 0.05) is 11.1 Å². The molecule has 1 aromatic heterocycles. The Morgan fingerprint density at radius 1 is 1.25 bits per heavy atom. The van der Waals surface area contributed by atoms with Gasteiger partial charge in [0.2, 0.25) is 0 Å². The van der Waals surface area contributed by atoms with Crippen molar-refractivity contribution >= 4 is 29.0 Å². The molecule has 0 aliphatic carbocycles. The third kappa shape index (κ3) is 3.09. The van der Waals surface area contributed by atoms with Crippen LogP contribution in [0.1, 0.15) is 16.1 Å². The van der Waals surface area contributed by atoms with Crippen LogP contribution >= 0.6 is 11.6 Å². The van der Waals surface area contributed by atoms with Gasteiger partial charge in [0.25, 0.3) is 5.91 Å². The molecule has 0 saturated carbocycles. The molecular formula is C17H14ClFN4O. The highest BCUT2D eigenvalue weighted by molar-refractivity contribution is 6.30. The molecule has 122 valence electrons. The van der Waals surface area contributed by atoms with Crippen LogP contribution in [0.15, 0.2) is 48.5 Å². The first-order valence-corrected chi connectivity index (χ1v) is 7.51. The molecule has 24 heavy (non-hydrogen) atoms. The second-order valence-electron chi connectivity index (χ2n) is 5.22. The Labute approximate surface area is 142 Å². The van der Waals surface area contributed by atoms with Gasteiger partial charge in [-0.1, -0.05) is 23.7 Å². The molecule has 1 amide bonds. The number of rotatable bonds is 3. The number of halogens is 2. The number of nitrogens with zero attached hydrogens (tertiary/aromatic N) is 2. The van der Waals surface area contributed by atoms with Gasteiger partial charge in [0.05, 0.1) is 22.6 Å². The maximum atomic E-state index is 13.5. The van der Waals surface area contributed by atoms with E-state index in [1.807, 2.05) is 6.07 Å². The number of hydrogen-bond acceptors (Lipinski definition) is 3. The molecule has 7 heteroatoms. The van der Waals surface area contributed by atoms with E-state index in [1.54, 1.807) is 35.9 Å². The molecule has 5 nitrogen and oxygen atoms in total.